The molecule has 39 heavy (non-hydrogen) atoms. The molecule has 0 spiro atoms. The zero-order valence-corrected chi connectivity index (χ0v) is 23.6. The summed E-state index contributed by atoms with van der Waals surface area (Å²) in [5, 5.41) is 8.82. The Kier molecular flexibility index (Phi) is 9.97. The van der Waals surface area contributed by atoms with E-state index in [1.54, 1.807) is 66.7 Å². The summed E-state index contributed by atoms with van der Waals surface area (Å²) >= 11 is 10.8. The first kappa shape index (κ1) is 28.2. The van der Waals surface area contributed by atoms with Crippen LogP contribution in [-0.4, -0.2) is 23.5 Å². The fourth-order valence-electron chi connectivity index (χ4n) is 3.40. The Labute approximate surface area is 244 Å². The number of halogens is 2. The lowest BCUT2D eigenvalue weighted by atomic mass is 10.1. The van der Waals surface area contributed by atoms with Crippen LogP contribution in [0.2, 0.25) is 5.02 Å². The topological polar surface area (TPSA) is 87.3 Å². The van der Waals surface area contributed by atoms with Crippen LogP contribution < -0.4 is 16.0 Å². The molecule has 9 heteroatoms. The van der Waals surface area contributed by atoms with Gasteiger partial charge >= 0.3 is 0 Å². The predicted octanol–water partition coefficient (Wildman–Crippen LogP) is 7.24. The molecule has 0 aromatic heterocycles. The maximum absolute atomic E-state index is 13.2. The summed E-state index contributed by atoms with van der Waals surface area (Å²) in [6, 6.07) is 30.2. The Morgan fingerprint density at radius 2 is 1.46 bits per heavy atom. The highest BCUT2D eigenvalue weighted by molar-refractivity contribution is 9.10. The number of carbonyl (C=O) groups excluding carboxylic acids is 3. The van der Waals surface area contributed by atoms with Crippen molar-refractivity contribution < 1.29 is 14.4 Å². The Bertz CT molecular complexity index is 1490. The lowest BCUT2D eigenvalue weighted by molar-refractivity contribution is -0.114. The van der Waals surface area contributed by atoms with Crippen LogP contribution in [-0.2, 0) is 9.59 Å². The minimum atomic E-state index is -0.471. The van der Waals surface area contributed by atoms with Gasteiger partial charge in [0.05, 0.1) is 16.5 Å². The summed E-state index contributed by atoms with van der Waals surface area (Å²) in [5.41, 5.74) is 2.39. The maximum atomic E-state index is 13.2. The first-order chi connectivity index (χ1) is 18.9. The lowest BCUT2D eigenvalue weighted by Gasteiger charge is -2.12. The van der Waals surface area contributed by atoms with Gasteiger partial charge in [0.15, 0.2) is 0 Å². The van der Waals surface area contributed by atoms with Crippen LogP contribution in [0.15, 0.2) is 118 Å². The van der Waals surface area contributed by atoms with E-state index in [0.717, 1.165) is 14.9 Å². The molecular weight excluding hydrogens is 598 g/mol. The van der Waals surface area contributed by atoms with Crippen molar-refractivity contribution in [1.82, 2.24) is 5.32 Å². The maximum Gasteiger partial charge on any atom is 0.272 e. The predicted molar refractivity (Wildman–Crippen MR) is 162 cm³/mol. The molecule has 0 unspecified atom stereocenters. The van der Waals surface area contributed by atoms with Gasteiger partial charge in [0, 0.05) is 20.6 Å². The fourth-order valence-corrected chi connectivity index (χ4v) is 4.54. The van der Waals surface area contributed by atoms with Gasteiger partial charge in [-0.15, -0.1) is 11.8 Å². The molecule has 0 aliphatic rings. The van der Waals surface area contributed by atoms with Crippen LogP contribution in [0.5, 0.6) is 0 Å². The van der Waals surface area contributed by atoms with Crippen LogP contribution in [0.1, 0.15) is 15.9 Å². The Morgan fingerprint density at radius 1 is 0.795 bits per heavy atom. The average molecular weight is 621 g/mol. The van der Waals surface area contributed by atoms with Crippen LogP contribution in [0.25, 0.3) is 6.08 Å². The number of amides is 3. The molecule has 0 saturated carbocycles. The number of thioether (sulfide) groups is 1. The number of rotatable bonds is 9. The zero-order valence-electron chi connectivity index (χ0n) is 20.5. The lowest BCUT2D eigenvalue weighted by Crippen LogP contribution is -2.30. The molecule has 0 fully saturated rings. The highest BCUT2D eigenvalue weighted by Crippen LogP contribution is 2.23. The molecule has 6 nitrogen and oxygen atoms in total. The van der Waals surface area contributed by atoms with E-state index < -0.39 is 11.8 Å². The number of hydrogen-bond donors (Lipinski definition) is 3. The van der Waals surface area contributed by atoms with Crippen molar-refractivity contribution in [2.75, 3.05) is 16.4 Å². The second-order valence-corrected chi connectivity index (χ2v) is 10.6. The first-order valence-corrected chi connectivity index (χ1v) is 14.0. The van der Waals surface area contributed by atoms with Gasteiger partial charge < -0.3 is 16.0 Å². The molecule has 3 N–H and O–H groups in total. The Morgan fingerprint density at radius 3 is 2.15 bits per heavy atom. The van der Waals surface area contributed by atoms with Crippen LogP contribution in [0.3, 0.4) is 0 Å². The van der Waals surface area contributed by atoms with Crippen molar-refractivity contribution in [1.29, 1.82) is 0 Å². The van der Waals surface area contributed by atoms with Gasteiger partial charge in [0.25, 0.3) is 11.8 Å². The van der Waals surface area contributed by atoms with Crippen molar-refractivity contribution >= 4 is 74.5 Å². The van der Waals surface area contributed by atoms with E-state index in [4.69, 9.17) is 11.6 Å². The van der Waals surface area contributed by atoms with Crippen LogP contribution in [0, 0.1) is 0 Å². The molecular formula is C30H23BrClN3O3S. The number of nitrogens with one attached hydrogen (secondary N) is 3. The Balaban J connectivity index is 1.40. The second kappa shape index (κ2) is 13.8. The van der Waals surface area contributed by atoms with Gasteiger partial charge in [-0.25, -0.2) is 0 Å². The van der Waals surface area contributed by atoms with Gasteiger partial charge in [0.2, 0.25) is 5.91 Å². The van der Waals surface area contributed by atoms with Crippen molar-refractivity contribution in [3.63, 3.8) is 0 Å². The standard InChI is InChI=1S/C30H23BrClN3O3S/c31-22-12-10-20(11-13-22)18-27(35-29(37)21-6-2-1-3-7-21)30(38)33-23-14-16-24(17-15-23)39-19-28(36)34-26-9-5-4-8-25(26)32/h1-18H,19H2,(H,33,38)(H,34,36)(H,35,37)/b27-18-. The quantitative estimate of drug-likeness (QED) is 0.136. The highest BCUT2D eigenvalue weighted by atomic mass is 79.9. The molecule has 0 atom stereocenters. The van der Waals surface area contributed by atoms with Gasteiger partial charge in [0.1, 0.15) is 5.70 Å². The third kappa shape index (κ3) is 8.58. The molecule has 4 rings (SSSR count). The molecule has 0 radical (unpaired) electrons. The number of para-hydroxylation sites is 1. The highest BCUT2D eigenvalue weighted by Gasteiger charge is 2.15. The molecule has 0 aliphatic carbocycles. The summed E-state index contributed by atoms with van der Waals surface area (Å²) in [6.45, 7) is 0. The number of hydrogen-bond acceptors (Lipinski definition) is 4. The summed E-state index contributed by atoms with van der Waals surface area (Å²) < 4.78 is 0.901. The second-order valence-electron chi connectivity index (χ2n) is 8.22. The summed E-state index contributed by atoms with van der Waals surface area (Å²) in [5.74, 6) is -0.845. The molecule has 4 aromatic rings. The van der Waals surface area contributed by atoms with E-state index in [0.29, 0.717) is 22.0 Å². The summed E-state index contributed by atoms with van der Waals surface area (Å²) in [4.78, 5) is 39.1. The minimum absolute atomic E-state index is 0.0980. The minimum Gasteiger partial charge on any atom is -0.324 e. The molecule has 196 valence electrons. The van der Waals surface area contributed by atoms with E-state index in [1.165, 1.54) is 11.8 Å². The van der Waals surface area contributed by atoms with Crippen LogP contribution in [0.4, 0.5) is 11.4 Å². The van der Waals surface area contributed by atoms with Gasteiger partial charge in [-0.2, -0.15) is 0 Å². The van der Waals surface area contributed by atoms with E-state index in [2.05, 4.69) is 31.9 Å². The van der Waals surface area contributed by atoms with E-state index in [-0.39, 0.29) is 17.4 Å². The molecule has 4 aromatic carbocycles. The van der Waals surface area contributed by atoms with Crippen molar-refractivity contribution in [2.24, 2.45) is 0 Å². The molecule has 0 bridgehead atoms. The first-order valence-electron chi connectivity index (χ1n) is 11.8. The van der Waals surface area contributed by atoms with Crippen molar-refractivity contribution in [3.05, 3.63) is 129 Å². The molecule has 3 amide bonds. The summed E-state index contributed by atoms with van der Waals surface area (Å²) in [7, 11) is 0. The van der Waals surface area contributed by atoms with Gasteiger partial charge in [-0.3, -0.25) is 14.4 Å². The Hall–Kier alpha value is -3.85. The number of anilines is 2. The van der Waals surface area contributed by atoms with Crippen molar-refractivity contribution in [3.8, 4) is 0 Å². The van der Waals surface area contributed by atoms with Crippen LogP contribution >= 0.6 is 39.3 Å². The third-order valence-electron chi connectivity index (χ3n) is 5.34. The molecule has 0 aliphatic heterocycles. The molecule has 0 heterocycles. The third-order valence-corrected chi connectivity index (χ3v) is 7.21. The SMILES string of the molecule is O=C(CSc1ccc(NC(=O)/C(=C/c2ccc(Br)cc2)NC(=O)c2ccccc2)cc1)Nc1ccccc1Cl. The number of benzene rings is 4. The van der Waals surface area contributed by atoms with Gasteiger partial charge in [-0.1, -0.05) is 70.0 Å². The zero-order chi connectivity index (χ0) is 27.6. The van der Waals surface area contributed by atoms with E-state index in [9.17, 15) is 14.4 Å². The number of carbonyl (C=O) groups is 3. The largest absolute Gasteiger partial charge is 0.324 e. The summed E-state index contributed by atoms with van der Waals surface area (Å²) in [6.07, 6.45) is 1.62. The van der Waals surface area contributed by atoms with Crippen molar-refractivity contribution in [2.45, 2.75) is 4.90 Å². The normalized spacial score (nSPS) is 11.0. The van der Waals surface area contributed by atoms with E-state index in [1.807, 2.05) is 42.5 Å². The monoisotopic (exact) mass is 619 g/mol. The average Bonchev–Trinajstić information content (AvgIpc) is 2.95. The van der Waals surface area contributed by atoms with E-state index >= 15 is 0 Å². The molecule has 0 saturated heterocycles. The van der Waals surface area contributed by atoms with Gasteiger partial charge in [-0.05, 0) is 72.3 Å². The smallest absolute Gasteiger partial charge is 0.272 e. The fraction of sp³-hybridized carbons (Fsp3) is 0.0333.